The molecule has 0 saturated heterocycles. The number of rotatable bonds is 4. The molecular weight excluding hydrogens is 392 g/mol. The monoisotopic (exact) mass is 424 g/mol. The van der Waals surface area contributed by atoms with Gasteiger partial charge in [0.15, 0.2) is 0 Å². The van der Waals surface area contributed by atoms with Crippen molar-refractivity contribution in [1.29, 1.82) is 0 Å². The van der Waals surface area contributed by atoms with Gasteiger partial charge < -0.3 is 5.32 Å². The van der Waals surface area contributed by atoms with Gasteiger partial charge in [-0.25, -0.2) is 8.42 Å². The molecule has 2 aromatic rings. The lowest BCUT2D eigenvalue weighted by molar-refractivity contribution is 0.129. The molecule has 5 unspecified atom stereocenters. The van der Waals surface area contributed by atoms with E-state index in [4.69, 9.17) is 0 Å². The average Bonchev–Trinajstić information content (AvgIpc) is 3.22. The van der Waals surface area contributed by atoms with Gasteiger partial charge in [0.25, 0.3) is 0 Å². The van der Waals surface area contributed by atoms with Gasteiger partial charge in [-0.05, 0) is 86.1 Å². The average molecular weight is 425 g/mol. The van der Waals surface area contributed by atoms with Crippen LogP contribution in [0, 0.1) is 17.8 Å². The Balaban J connectivity index is 1.55. The van der Waals surface area contributed by atoms with Crippen LogP contribution in [0.1, 0.15) is 69.0 Å². The fourth-order valence-corrected chi connectivity index (χ4v) is 6.92. The van der Waals surface area contributed by atoms with E-state index in [9.17, 15) is 8.42 Å². The highest BCUT2D eigenvalue weighted by Crippen LogP contribution is 2.59. The number of fused-ring (bicyclic) bond motifs is 5. The van der Waals surface area contributed by atoms with E-state index in [0.717, 1.165) is 17.5 Å². The van der Waals surface area contributed by atoms with Gasteiger partial charge >= 0.3 is 0 Å². The second-order valence-corrected chi connectivity index (χ2v) is 11.9. The normalized spacial score (nSPS) is 30.2. The second kappa shape index (κ2) is 7.60. The summed E-state index contributed by atoms with van der Waals surface area (Å²) >= 11 is 0. The fourth-order valence-electron chi connectivity index (χ4n) is 6.23. The molecule has 0 bridgehead atoms. The number of hydrogen-bond donors (Lipinski definition) is 2. The molecule has 2 saturated carbocycles. The third-order valence-corrected chi connectivity index (χ3v) is 9.47. The minimum absolute atomic E-state index is 0.327. The minimum atomic E-state index is -3.35. The van der Waals surface area contributed by atoms with Crippen LogP contribution in [0.3, 0.4) is 0 Å². The topological polar surface area (TPSA) is 58.2 Å². The Kier molecular flexibility index (Phi) is 5.04. The largest absolute Gasteiger partial charge is 0.378 e. The lowest BCUT2D eigenvalue weighted by Gasteiger charge is -2.49. The molecule has 2 fully saturated rings. The van der Waals surface area contributed by atoms with Crippen LogP contribution in [-0.2, 0) is 10.0 Å². The third kappa shape index (κ3) is 3.41. The van der Waals surface area contributed by atoms with Crippen LogP contribution in [0.2, 0.25) is 0 Å². The van der Waals surface area contributed by atoms with Crippen LogP contribution in [-0.4, -0.2) is 13.7 Å². The first kappa shape index (κ1) is 19.9. The first-order valence-corrected chi connectivity index (χ1v) is 13.0. The predicted molar refractivity (Wildman–Crippen MR) is 123 cm³/mol. The number of benzene rings is 2. The van der Waals surface area contributed by atoms with Crippen LogP contribution < -0.4 is 10.0 Å². The molecule has 2 N–H and O–H groups in total. The quantitative estimate of drug-likeness (QED) is 0.641. The molecule has 0 radical (unpaired) electrons. The molecule has 2 aliphatic carbocycles. The summed E-state index contributed by atoms with van der Waals surface area (Å²) in [4.78, 5) is 0. The highest BCUT2D eigenvalue weighted by molar-refractivity contribution is 7.93. The Bertz CT molecular complexity index is 1020. The predicted octanol–water partition coefficient (Wildman–Crippen LogP) is 5.91. The molecule has 5 heteroatoms. The summed E-state index contributed by atoms with van der Waals surface area (Å²) in [5.41, 5.74) is 4.51. The summed E-state index contributed by atoms with van der Waals surface area (Å²) in [6.45, 7) is 3.42. The molecule has 2 aromatic carbocycles. The molecule has 0 spiro atoms. The Morgan fingerprint density at radius 2 is 1.80 bits per heavy atom. The lowest BCUT2D eigenvalue weighted by atomic mass is 9.60. The smallest absolute Gasteiger partial charge is 0.235 e. The Hall–Kier alpha value is -2.01. The molecule has 0 amide bonds. The number of nitrogens with one attached hydrogen (secondary N) is 2. The zero-order valence-corrected chi connectivity index (χ0v) is 18.7. The Morgan fingerprint density at radius 3 is 2.57 bits per heavy atom. The van der Waals surface area contributed by atoms with E-state index in [-0.39, 0.29) is 0 Å². The van der Waals surface area contributed by atoms with Gasteiger partial charge in [0.05, 0.1) is 11.3 Å². The van der Waals surface area contributed by atoms with Gasteiger partial charge in [-0.3, -0.25) is 4.72 Å². The van der Waals surface area contributed by atoms with Crippen molar-refractivity contribution in [2.45, 2.75) is 63.2 Å². The van der Waals surface area contributed by atoms with E-state index >= 15 is 0 Å². The summed E-state index contributed by atoms with van der Waals surface area (Å²) < 4.78 is 27.6. The summed E-state index contributed by atoms with van der Waals surface area (Å²) in [5, 5.41) is 3.41. The van der Waals surface area contributed by atoms with Crippen molar-refractivity contribution in [3.05, 3.63) is 59.7 Å². The molecule has 30 heavy (non-hydrogen) atoms. The summed E-state index contributed by atoms with van der Waals surface area (Å²) in [7, 11) is -3.35. The number of sulfonamides is 1. The summed E-state index contributed by atoms with van der Waals surface area (Å²) in [6, 6.07) is 17.3. The first-order valence-electron chi connectivity index (χ1n) is 11.4. The maximum Gasteiger partial charge on any atom is 0.235 e. The molecule has 3 aliphatic rings. The van der Waals surface area contributed by atoms with Crippen molar-refractivity contribution in [2.24, 2.45) is 17.8 Å². The zero-order valence-electron chi connectivity index (χ0n) is 17.8. The van der Waals surface area contributed by atoms with Gasteiger partial charge in [0.1, 0.15) is 0 Å². The van der Waals surface area contributed by atoms with Crippen LogP contribution in [0.15, 0.2) is 48.5 Å². The van der Waals surface area contributed by atoms with E-state index in [1.54, 1.807) is 13.8 Å². The van der Waals surface area contributed by atoms with E-state index in [2.05, 4.69) is 52.5 Å². The van der Waals surface area contributed by atoms with Crippen molar-refractivity contribution in [3.63, 3.8) is 0 Å². The van der Waals surface area contributed by atoms with Crippen molar-refractivity contribution in [3.8, 4) is 0 Å². The summed E-state index contributed by atoms with van der Waals surface area (Å²) in [5.74, 6) is 2.65. The maximum atomic E-state index is 12.4. The van der Waals surface area contributed by atoms with Crippen molar-refractivity contribution in [1.82, 2.24) is 0 Å². The highest BCUT2D eigenvalue weighted by Gasteiger charge is 2.48. The van der Waals surface area contributed by atoms with Crippen LogP contribution in [0.4, 0.5) is 11.4 Å². The van der Waals surface area contributed by atoms with E-state index in [1.807, 2.05) is 6.07 Å². The van der Waals surface area contributed by atoms with Crippen LogP contribution in [0.25, 0.3) is 0 Å². The molecular formula is C25H32N2O2S. The zero-order chi connectivity index (χ0) is 20.9. The van der Waals surface area contributed by atoms with Crippen LogP contribution >= 0.6 is 0 Å². The highest BCUT2D eigenvalue weighted by atomic mass is 32.2. The van der Waals surface area contributed by atoms with Crippen molar-refractivity contribution >= 4 is 21.4 Å². The minimum Gasteiger partial charge on any atom is -0.378 e. The fraction of sp³-hybridized carbons (Fsp3) is 0.520. The van der Waals surface area contributed by atoms with Gasteiger partial charge in [0.2, 0.25) is 10.0 Å². The van der Waals surface area contributed by atoms with Gasteiger partial charge in [-0.2, -0.15) is 0 Å². The molecule has 5 atom stereocenters. The molecule has 0 aromatic heterocycles. The Labute approximate surface area is 180 Å². The van der Waals surface area contributed by atoms with E-state index < -0.39 is 15.3 Å². The molecule has 160 valence electrons. The van der Waals surface area contributed by atoms with Gasteiger partial charge in [-0.1, -0.05) is 43.2 Å². The van der Waals surface area contributed by atoms with E-state index in [1.165, 1.54) is 43.2 Å². The summed E-state index contributed by atoms with van der Waals surface area (Å²) in [6.07, 6.45) is 6.54. The van der Waals surface area contributed by atoms with E-state index in [0.29, 0.717) is 23.6 Å². The maximum absolute atomic E-state index is 12.4. The molecule has 4 nitrogen and oxygen atoms in total. The number of anilines is 2. The molecule has 1 aliphatic heterocycles. The van der Waals surface area contributed by atoms with Crippen molar-refractivity contribution in [2.75, 3.05) is 10.0 Å². The van der Waals surface area contributed by atoms with Crippen molar-refractivity contribution < 1.29 is 8.42 Å². The standard InChI is InChI=1S/C25H32N2O2S/c1-16(2)30(28,29)27-19-12-14-23-22(15-19)21-13-11-17-9-6-10-20(17)24(21)25(26-23)18-7-4-3-5-8-18/h3-5,7-8,12,14-17,20-21,24-27H,6,9-11,13H2,1-2H3. The number of hydrogen-bond acceptors (Lipinski definition) is 3. The van der Waals surface area contributed by atoms with Crippen LogP contribution in [0.5, 0.6) is 0 Å². The SMILES string of the molecule is CC(C)S(=O)(=O)Nc1ccc2c(c1)C1CCC3CCCC3C1C(c1ccccc1)N2. The van der Waals surface area contributed by atoms with Gasteiger partial charge in [-0.15, -0.1) is 0 Å². The Morgan fingerprint density at radius 1 is 1.00 bits per heavy atom. The third-order valence-electron chi connectivity index (χ3n) is 7.71. The second-order valence-electron chi connectivity index (χ2n) is 9.65. The first-order chi connectivity index (χ1) is 14.4. The molecule has 5 rings (SSSR count). The lowest BCUT2D eigenvalue weighted by Crippen LogP contribution is -2.41. The van der Waals surface area contributed by atoms with Gasteiger partial charge in [0, 0.05) is 11.4 Å². The molecule has 1 heterocycles.